The topological polar surface area (TPSA) is 38.9 Å². The molecule has 0 aliphatic heterocycles. The zero-order valence-electron chi connectivity index (χ0n) is 7.98. The second-order valence-corrected chi connectivity index (χ2v) is 2.65. The van der Waals surface area contributed by atoms with E-state index >= 15 is 0 Å². The van der Waals surface area contributed by atoms with Crippen molar-refractivity contribution in [2.75, 3.05) is 5.73 Å². The average molecular weight is 187 g/mol. The Balaban J connectivity index is 0.000000561. The van der Waals surface area contributed by atoms with Crippen LogP contribution in [-0.2, 0) is 0 Å². The Morgan fingerprint density at radius 2 is 1.83 bits per heavy atom. The van der Waals surface area contributed by atoms with Gasteiger partial charge in [-0.1, -0.05) is 25.4 Å². The summed E-state index contributed by atoms with van der Waals surface area (Å²) in [5.41, 5.74) is 8.14. The molecule has 0 spiro atoms. The minimum atomic E-state index is 0.504. The number of aromatic nitrogens is 1. The van der Waals surface area contributed by atoms with Crippen LogP contribution in [0.5, 0.6) is 0 Å². The van der Waals surface area contributed by atoms with Gasteiger partial charge in [0.15, 0.2) is 0 Å². The number of halogens is 1. The Labute approximate surface area is 78.8 Å². The highest BCUT2D eigenvalue weighted by Crippen LogP contribution is 2.17. The molecule has 2 N–H and O–H groups in total. The summed E-state index contributed by atoms with van der Waals surface area (Å²) in [6.45, 7) is 7.75. The lowest BCUT2D eigenvalue weighted by Crippen LogP contribution is -1.95. The van der Waals surface area contributed by atoms with Gasteiger partial charge >= 0.3 is 0 Å². The highest BCUT2D eigenvalue weighted by Gasteiger charge is 1.99. The maximum Gasteiger partial charge on any atom is 0.129 e. The smallest absolute Gasteiger partial charge is 0.129 e. The molecule has 0 bridgehead atoms. The lowest BCUT2D eigenvalue weighted by Gasteiger charge is -2.02. The van der Waals surface area contributed by atoms with Gasteiger partial charge in [0.05, 0.1) is 11.4 Å². The van der Waals surface area contributed by atoms with E-state index in [9.17, 15) is 0 Å². The molecule has 1 aromatic heterocycles. The Morgan fingerprint density at radius 1 is 1.33 bits per heavy atom. The van der Waals surface area contributed by atoms with Crippen molar-refractivity contribution in [1.82, 2.24) is 4.98 Å². The van der Waals surface area contributed by atoms with Gasteiger partial charge in [-0.15, -0.1) is 0 Å². The molecule has 1 heterocycles. The van der Waals surface area contributed by atoms with Gasteiger partial charge in [-0.3, -0.25) is 0 Å². The Morgan fingerprint density at radius 3 is 2.25 bits per heavy atom. The molecule has 0 saturated heterocycles. The molecule has 0 atom stereocenters. The Kier molecular flexibility index (Phi) is 4.67. The van der Waals surface area contributed by atoms with Gasteiger partial charge < -0.3 is 5.73 Å². The predicted octanol–water partition coefficient (Wildman–Crippen LogP) is 2.96. The lowest BCUT2D eigenvalue weighted by atomic mass is 10.2. The number of nitrogens with two attached hydrogens (primary N) is 1. The molecular weight excluding hydrogens is 172 g/mol. The molecule has 1 rings (SSSR count). The maximum absolute atomic E-state index is 5.66. The van der Waals surface area contributed by atoms with Crippen molar-refractivity contribution >= 4 is 17.3 Å². The summed E-state index contributed by atoms with van der Waals surface area (Å²) < 4.78 is 0. The van der Waals surface area contributed by atoms with Crippen LogP contribution in [0.2, 0.25) is 5.15 Å². The molecule has 12 heavy (non-hydrogen) atoms. The predicted molar refractivity (Wildman–Crippen MR) is 54.5 cm³/mol. The summed E-state index contributed by atoms with van der Waals surface area (Å²) in [7, 11) is 0. The Hall–Kier alpha value is -0.760. The molecule has 1 aromatic rings. The van der Waals surface area contributed by atoms with Crippen LogP contribution in [0.3, 0.4) is 0 Å². The summed E-state index contributed by atoms with van der Waals surface area (Å²) >= 11 is 5.66. The average Bonchev–Trinajstić information content (AvgIpc) is 2.04. The van der Waals surface area contributed by atoms with Crippen molar-refractivity contribution < 1.29 is 0 Å². The zero-order valence-corrected chi connectivity index (χ0v) is 8.74. The molecular formula is C9H15ClN2. The first-order valence-corrected chi connectivity index (χ1v) is 4.38. The monoisotopic (exact) mass is 186 g/mol. The van der Waals surface area contributed by atoms with Crippen molar-refractivity contribution in [3.63, 3.8) is 0 Å². The van der Waals surface area contributed by atoms with Crippen LogP contribution < -0.4 is 5.73 Å². The lowest BCUT2D eigenvalue weighted by molar-refractivity contribution is 1.18. The molecule has 0 saturated carbocycles. The fraction of sp³-hybridized carbons (Fsp3) is 0.444. The molecule has 0 unspecified atom stereocenters. The van der Waals surface area contributed by atoms with Crippen molar-refractivity contribution in [1.29, 1.82) is 0 Å². The van der Waals surface area contributed by atoms with Crippen LogP contribution in [0, 0.1) is 13.8 Å². The summed E-state index contributed by atoms with van der Waals surface area (Å²) in [6.07, 6.45) is 0. The van der Waals surface area contributed by atoms with E-state index in [1.807, 2.05) is 27.7 Å². The quantitative estimate of drug-likeness (QED) is 0.633. The number of anilines is 1. The largest absolute Gasteiger partial charge is 0.397 e. The number of nitrogen functional groups attached to an aromatic ring is 1. The molecule has 0 radical (unpaired) electrons. The van der Waals surface area contributed by atoms with E-state index in [1.165, 1.54) is 0 Å². The van der Waals surface area contributed by atoms with Gasteiger partial charge in [-0.2, -0.15) is 0 Å². The van der Waals surface area contributed by atoms with E-state index in [-0.39, 0.29) is 0 Å². The van der Waals surface area contributed by atoms with Crippen LogP contribution in [0.15, 0.2) is 6.07 Å². The molecule has 3 heteroatoms. The van der Waals surface area contributed by atoms with Crippen LogP contribution in [0.1, 0.15) is 25.1 Å². The fourth-order valence-electron chi connectivity index (χ4n) is 0.794. The van der Waals surface area contributed by atoms with E-state index in [0.29, 0.717) is 5.15 Å². The van der Waals surface area contributed by atoms with Gasteiger partial charge in [0.2, 0.25) is 0 Å². The highest BCUT2D eigenvalue weighted by atomic mass is 35.5. The first-order chi connectivity index (χ1) is 5.61. The first-order valence-electron chi connectivity index (χ1n) is 4.00. The van der Waals surface area contributed by atoms with Gasteiger partial charge in [0.25, 0.3) is 0 Å². The number of aryl methyl sites for hydroxylation is 2. The van der Waals surface area contributed by atoms with Crippen molar-refractivity contribution in [3.05, 3.63) is 22.5 Å². The number of hydrogen-bond donors (Lipinski definition) is 1. The fourth-order valence-corrected chi connectivity index (χ4v) is 1.08. The third kappa shape index (κ3) is 2.70. The summed E-state index contributed by atoms with van der Waals surface area (Å²) in [6, 6.07) is 1.75. The van der Waals surface area contributed by atoms with Gasteiger partial charge in [0.1, 0.15) is 5.15 Å². The number of hydrogen-bond acceptors (Lipinski definition) is 2. The van der Waals surface area contributed by atoms with E-state index in [4.69, 9.17) is 17.3 Å². The minimum absolute atomic E-state index is 0.504. The highest BCUT2D eigenvalue weighted by molar-refractivity contribution is 6.29. The molecule has 0 aliphatic rings. The van der Waals surface area contributed by atoms with E-state index < -0.39 is 0 Å². The molecule has 0 fully saturated rings. The number of pyridine rings is 1. The molecule has 2 nitrogen and oxygen atoms in total. The zero-order chi connectivity index (χ0) is 9.72. The van der Waals surface area contributed by atoms with Gasteiger partial charge in [0, 0.05) is 0 Å². The third-order valence-electron chi connectivity index (χ3n) is 1.42. The number of rotatable bonds is 0. The van der Waals surface area contributed by atoms with Crippen LogP contribution >= 0.6 is 11.6 Å². The Bertz CT molecular complexity index is 236. The van der Waals surface area contributed by atoms with Crippen LogP contribution in [0.25, 0.3) is 0 Å². The normalized spacial score (nSPS) is 8.75. The molecule has 0 amide bonds. The minimum Gasteiger partial charge on any atom is -0.397 e. The third-order valence-corrected chi connectivity index (χ3v) is 1.62. The van der Waals surface area contributed by atoms with Crippen molar-refractivity contribution in [3.8, 4) is 0 Å². The second kappa shape index (κ2) is 4.99. The second-order valence-electron chi connectivity index (χ2n) is 2.26. The van der Waals surface area contributed by atoms with Gasteiger partial charge in [-0.05, 0) is 25.5 Å². The van der Waals surface area contributed by atoms with Crippen LogP contribution in [0.4, 0.5) is 5.69 Å². The summed E-state index contributed by atoms with van der Waals surface area (Å²) in [5.74, 6) is 0. The maximum atomic E-state index is 5.66. The molecule has 0 aliphatic carbocycles. The SMILES string of the molecule is CC.Cc1cc(Cl)nc(C)c1N. The van der Waals surface area contributed by atoms with Crippen molar-refractivity contribution in [2.24, 2.45) is 0 Å². The van der Waals surface area contributed by atoms with Gasteiger partial charge in [-0.25, -0.2) is 4.98 Å². The summed E-state index contributed by atoms with van der Waals surface area (Å²) in [5, 5.41) is 0.504. The van der Waals surface area contributed by atoms with E-state index in [0.717, 1.165) is 16.9 Å². The van der Waals surface area contributed by atoms with E-state index in [1.54, 1.807) is 6.07 Å². The number of nitrogens with zero attached hydrogens (tertiary/aromatic N) is 1. The van der Waals surface area contributed by atoms with Crippen molar-refractivity contribution in [2.45, 2.75) is 27.7 Å². The summed E-state index contributed by atoms with van der Waals surface area (Å²) in [4.78, 5) is 3.97. The first kappa shape index (κ1) is 11.2. The van der Waals surface area contributed by atoms with Crippen LogP contribution in [-0.4, -0.2) is 4.98 Å². The van der Waals surface area contributed by atoms with E-state index in [2.05, 4.69) is 4.98 Å². The standard InChI is InChI=1S/C7H9ClN2.C2H6/c1-4-3-6(8)10-5(2)7(4)9;1-2/h3H,9H2,1-2H3;1-2H3. The molecule has 68 valence electrons. The molecule has 0 aromatic carbocycles.